The topological polar surface area (TPSA) is 42.8 Å². The van der Waals surface area contributed by atoms with Crippen molar-refractivity contribution in [3.05, 3.63) is 65.1 Å². The Morgan fingerprint density at radius 2 is 1.79 bits per heavy atom. The Morgan fingerprint density at radius 3 is 2.52 bits per heavy atom. The highest BCUT2D eigenvalue weighted by atomic mass is 19.1. The Morgan fingerprint density at radius 1 is 1.03 bits per heavy atom. The summed E-state index contributed by atoms with van der Waals surface area (Å²) in [5.74, 6) is -1.58. The summed E-state index contributed by atoms with van der Waals surface area (Å²) >= 11 is 0. The van der Waals surface area contributed by atoms with Gasteiger partial charge in [0, 0.05) is 11.5 Å². The number of hydrogen-bond acceptors (Lipinski definition) is 3. The summed E-state index contributed by atoms with van der Waals surface area (Å²) < 4.78 is 36.5. The van der Waals surface area contributed by atoms with Crippen molar-refractivity contribution in [2.75, 3.05) is 0 Å². The average molecular weight is 447 g/mol. The lowest BCUT2D eigenvalue weighted by Crippen LogP contribution is -2.32. The average Bonchev–Trinajstić information content (AvgIpc) is 3.06. The number of benzene rings is 2. The first-order valence-corrected chi connectivity index (χ1v) is 11.0. The minimum Gasteiger partial charge on any atom is -0.437 e. The van der Waals surface area contributed by atoms with Crippen LogP contribution in [0.5, 0.6) is 0 Å². The third-order valence-electron chi connectivity index (χ3n) is 6.19. The molecule has 2 aromatic carbocycles. The van der Waals surface area contributed by atoms with Crippen molar-refractivity contribution in [3.63, 3.8) is 0 Å². The summed E-state index contributed by atoms with van der Waals surface area (Å²) in [5, 5.41) is 1.75. The van der Waals surface area contributed by atoms with Crippen LogP contribution < -0.4 is 4.57 Å². The van der Waals surface area contributed by atoms with Crippen LogP contribution in [0.2, 0.25) is 0 Å². The highest BCUT2D eigenvalue weighted by Crippen LogP contribution is 2.40. The molecule has 0 spiro atoms. The van der Waals surface area contributed by atoms with Crippen LogP contribution in [0.4, 0.5) is 8.78 Å². The van der Waals surface area contributed by atoms with Gasteiger partial charge in [-0.1, -0.05) is 26.8 Å². The van der Waals surface area contributed by atoms with E-state index in [-0.39, 0.29) is 16.5 Å². The standard InChI is InChI=1S/C27H26F2N3O/c1-14-9-18-23-19(28)11-21(29)31-26(23)33-25(18)22(15(14)2)24-17-8-7-16(12-27(3,4)5)10-20(17)30-13-32(24)6/h7-11,13H,12H2,1-6H3/q+1. The van der Waals surface area contributed by atoms with Crippen molar-refractivity contribution in [3.8, 4) is 11.3 Å². The summed E-state index contributed by atoms with van der Waals surface area (Å²) in [5.41, 5.74) is 6.45. The fourth-order valence-electron chi connectivity index (χ4n) is 4.66. The zero-order valence-electron chi connectivity index (χ0n) is 19.7. The molecule has 3 aromatic heterocycles. The molecule has 6 heteroatoms. The number of furan rings is 1. The molecule has 4 nitrogen and oxygen atoms in total. The molecule has 5 rings (SSSR count). The SMILES string of the molecule is Cc1cc2c(oc3nc(F)cc(F)c32)c(-c2c3ccc(CC(C)(C)C)cc3nc[n+]2C)c1C. The maximum atomic E-state index is 14.7. The Kier molecular flexibility index (Phi) is 4.74. The van der Waals surface area contributed by atoms with Crippen molar-refractivity contribution in [2.24, 2.45) is 12.5 Å². The Hall–Kier alpha value is -3.41. The summed E-state index contributed by atoms with van der Waals surface area (Å²) in [6, 6.07) is 9.03. The molecule has 33 heavy (non-hydrogen) atoms. The quantitative estimate of drug-likeness (QED) is 0.229. The molecule has 0 aliphatic carbocycles. The van der Waals surface area contributed by atoms with Crippen molar-refractivity contribution < 1.29 is 17.8 Å². The van der Waals surface area contributed by atoms with Gasteiger partial charge in [0.25, 0.3) is 6.33 Å². The minimum atomic E-state index is -0.902. The third kappa shape index (κ3) is 3.54. The molecular formula is C27H26F2N3O+. The Labute approximate surface area is 190 Å². The third-order valence-corrected chi connectivity index (χ3v) is 6.19. The maximum Gasteiger partial charge on any atom is 0.287 e. The highest BCUT2D eigenvalue weighted by Gasteiger charge is 2.26. The fourth-order valence-corrected chi connectivity index (χ4v) is 4.66. The van der Waals surface area contributed by atoms with Gasteiger partial charge >= 0.3 is 0 Å². The van der Waals surface area contributed by atoms with Gasteiger partial charge in [-0.15, -0.1) is 0 Å². The van der Waals surface area contributed by atoms with Crippen molar-refractivity contribution in [1.29, 1.82) is 0 Å². The van der Waals surface area contributed by atoms with E-state index in [0.717, 1.165) is 45.8 Å². The Bertz CT molecular complexity index is 1580. The van der Waals surface area contributed by atoms with Gasteiger partial charge in [0.2, 0.25) is 11.7 Å². The second kappa shape index (κ2) is 7.30. The molecule has 0 unspecified atom stereocenters. The molecule has 0 bridgehead atoms. The van der Waals surface area contributed by atoms with Crippen molar-refractivity contribution in [2.45, 2.75) is 41.0 Å². The van der Waals surface area contributed by atoms with Gasteiger partial charge in [0.15, 0.2) is 5.52 Å². The molecule has 0 radical (unpaired) electrons. The summed E-state index contributed by atoms with van der Waals surface area (Å²) in [6.07, 6.45) is 2.72. The molecule has 0 fully saturated rings. The smallest absolute Gasteiger partial charge is 0.287 e. The molecule has 0 amide bonds. The van der Waals surface area contributed by atoms with Gasteiger partial charge in [-0.25, -0.2) is 8.96 Å². The van der Waals surface area contributed by atoms with Crippen LogP contribution in [0.3, 0.4) is 0 Å². The number of hydrogen-bond donors (Lipinski definition) is 0. The molecule has 168 valence electrons. The number of aromatic nitrogens is 3. The van der Waals surface area contributed by atoms with Gasteiger partial charge in [-0.05, 0) is 65.6 Å². The number of pyridine rings is 1. The molecule has 5 aromatic rings. The number of halogens is 2. The van der Waals surface area contributed by atoms with Crippen LogP contribution in [0, 0.1) is 31.0 Å². The summed E-state index contributed by atoms with van der Waals surface area (Å²) in [6.45, 7) is 10.6. The van der Waals surface area contributed by atoms with Crippen molar-refractivity contribution in [1.82, 2.24) is 9.97 Å². The van der Waals surface area contributed by atoms with Crippen LogP contribution in [0.15, 0.2) is 41.1 Å². The predicted molar refractivity (Wildman–Crippen MR) is 126 cm³/mol. The largest absolute Gasteiger partial charge is 0.437 e. The Balaban J connectivity index is 1.87. The summed E-state index contributed by atoms with van der Waals surface area (Å²) in [4.78, 5) is 8.47. The summed E-state index contributed by atoms with van der Waals surface area (Å²) in [7, 11) is 1.93. The van der Waals surface area contributed by atoms with E-state index in [1.807, 2.05) is 31.5 Å². The van der Waals surface area contributed by atoms with E-state index in [1.165, 1.54) is 5.56 Å². The van der Waals surface area contributed by atoms with Gasteiger partial charge in [0.05, 0.1) is 23.4 Å². The maximum absolute atomic E-state index is 14.7. The van der Waals surface area contributed by atoms with E-state index in [0.29, 0.717) is 11.0 Å². The van der Waals surface area contributed by atoms with E-state index in [1.54, 1.807) is 6.33 Å². The lowest BCUT2D eigenvalue weighted by atomic mass is 9.87. The minimum absolute atomic E-state index is 0.0396. The van der Waals surface area contributed by atoms with Crippen LogP contribution in [0.25, 0.3) is 44.2 Å². The number of rotatable bonds is 2. The van der Waals surface area contributed by atoms with E-state index in [2.05, 4.69) is 48.9 Å². The van der Waals surface area contributed by atoms with Crippen LogP contribution in [-0.4, -0.2) is 9.97 Å². The van der Waals surface area contributed by atoms with E-state index >= 15 is 0 Å². The molecule has 0 atom stereocenters. The molecule has 0 saturated carbocycles. The number of aryl methyl sites for hydroxylation is 2. The van der Waals surface area contributed by atoms with E-state index < -0.39 is 11.8 Å². The van der Waals surface area contributed by atoms with Gasteiger partial charge in [0.1, 0.15) is 17.1 Å². The van der Waals surface area contributed by atoms with Gasteiger partial charge in [-0.3, -0.25) is 0 Å². The lowest BCUT2D eigenvalue weighted by molar-refractivity contribution is -0.662. The number of fused-ring (bicyclic) bond motifs is 4. The zero-order chi connectivity index (χ0) is 23.7. The molecular weight excluding hydrogens is 420 g/mol. The fraction of sp³-hybridized carbons (Fsp3) is 0.296. The first-order chi connectivity index (χ1) is 15.5. The van der Waals surface area contributed by atoms with E-state index in [9.17, 15) is 8.78 Å². The first kappa shape index (κ1) is 21.4. The van der Waals surface area contributed by atoms with E-state index in [4.69, 9.17) is 4.42 Å². The predicted octanol–water partition coefficient (Wildman–Crippen LogP) is 6.50. The molecule has 3 heterocycles. The van der Waals surface area contributed by atoms with Crippen LogP contribution in [0.1, 0.15) is 37.5 Å². The molecule has 0 N–H and O–H groups in total. The number of nitrogens with zero attached hydrogens (tertiary/aromatic N) is 3. The molecule has 0 aliphatic rings. The molecule has 0 aliphatic heterocycles. The van der Waals surface area contributed by atoms with Crippen LogP contribution in [-0.2, 0) is 13.5 Å². The second-order valence-electron chi connectivity index (χ2n) is 10.1. The monoisotopic (exact) mass is 446 g/mol. The van der Waals surface area contributed by atoms with Gasteiger partial charge < -0.3 is 4.42 Å². The van der Waals surface area contributed by atoms with Crippen LogP contribution >= 0.6 is 0 Å². The zero-order valence-corrected chi connectivity index (χ0v) is 19.7. The van der Waals surface area contributed by atoms with Gasteiger partial charge in [-0.2, -0.15) is 9.37 Å². The molecule has 0 saturated heterocycles. The lowest BCUT2D eigenvalue weighted by Gasteiger charge is -2.18. The second-order valence-corrected chi connectivity index (χ2v) is 10.1. The highest BCUT2D eigenvalue weighted by molar-refractivity contribution is 6.11. The normalized spacial score (nSPS) is 12.4. The van der Waals surface area contributed by atoms with Crippen molar-refractivity contribution >= 4 is 33.0 Å². The first-order valence-electron chi connectivity index (χ1n) is 11.0.